The van der Waals surface area contributed by atoms with E-state index in [4.69, 9.17) is 16.3 Å². The number of nitrogens with zero attached hydrogens (tertiary/aromatic N) is 1. The number of hydrogen-bond donors (Lipinski definition) is 1. The Bertz CT molecular complexity index is 844. The standard InChI is InChI=1S/C21H24BrClN2O3/c1-4-24-21(27)15(3)25(12-16-6-5-7-17(23)11-16)20(26)13-28-18-8-9-19(22)14(2)10-18/h5-11,15H,4,12-13H2,1-3H3,(H,24,27)/t15-/m1/s1. The number of likely N-dealkylation sites (N-methyl/N-ethyl adjacent to an activating group) is 1. The fourth-order valence-corrected chi connectivity index (χ4v) is 3.13. The lowest BCUT2D eigenvalue weighted by molar-refractivity contribution is -0.142. The third kappa shape index (κ3) is 6.24. The predicted octanol–water partition coefficient (Wildman–Crippen LogP) is 4.34. The van der Waals surface area contributed by atoms with Gasteiger partial charge in [-0.25, -0.2) is 0 Å². The van der Waals surface area contributed by atoms with Crippen LogP contribution in [0.1, 0.15) is 25.0 Å². The maximum Gasteiger partial charge on any atom is 0.261 e. The van der Waals surface area contributed by atoms with E-state index >= 15 is 0 Å². The van der Waals surface area contributed by atoms with Gasteiger partial charge in [0.25, 0.3) is 5.91 Å². The van der Waals surface area contributed by atoms with Gasteiger partial charge >= 0.3 is 0 Å². The van der Waals surface area contributed by atoms with Crippen LogP contribution in [0, 0.1) is 6.92 Å². The number of amides is 2. The van der Waals surface area contributed by atoms with Crippen molar-refractivity contribution in [1.82, 2.24) is 10.2 Å². The fraction of sp³-hybridized carbons (Fsp3) is 0.333. The molecule has 0 saturated carbocycles. The molecule has 0 heterocycles. The smallest absolute Gasteiger partial charge is 0.261 e. The minimum atomic E-state index is -0.637. The van der Waals surface area contributed by atoms with Crippen molar-refractivity contribution in [2.45, 2.75) is 33.4 Å². The van der Waals surface area contributed by atoms with Crippen LogP contribution in [0.4, 0.5) is 0 Å². The molecule has 0 bridgehead atoms. The Morgan fingerprint density at radius 2 is 2.00 bits per heavy atom. The largest absolute Gasteiger partial charge is 0.484 e. The fourth-order valence-electron chi connectivity index (χ4n) is 2.67. The summed E-state index contributed by atoms with van der Waals surface area (Å²) in [6, 6.07) is 12.1. The maximum absolute atomic E-state index is 12.9. The molecular formula is C21H24BrClN2O3. The van der Waals surface area contributed by atoms with Gasteiger partial charge in [-0.05, 0) is 62.2 Å². The first-order valence-electron chi connectivity index (χ1n) is 9.02. The zero-order valence-corrected chi connectivity index (χ0v) is 18.5. The van der Waals surface area contributed by atoms with E-state index in [-0.39, 0.29) is 25.0 Å². The van der Waals surface area contributed by atoms with Crippen LogP contribution in [0.15, 0.2) is 46.9 Å². The normalized spacial score (nSPS) is 11.6. The van der Waals surface area contributed by atoms with Crippen LogP contribution in [-0.2, 0) is 16.1 Å². The average Bonchev–Trinajstić information content (AvgIpc) is 2.66. The van der Waals surface area contributed by atoms with E-state index in [0.717, 1.165) is 15.6 Å². The summed E-state index contributed by atoms with van der Waals surface area (Å²) in [5.74, 6) is 0.110. The van der Waals surface area contributed by atoms with Crippen molar-refractivity contribution in [3.8, 4) is 5.75 Å². The van der Waals surface area contributed by atoms with Gasteiger partial charge in [-0.2, -0.15) is 0 Å². The molecule has 1 atom stereocenters. The number of benzene rings is 2. The van der Waals surface area contributed by atoms with E-state index in [0.29, 0.717) is 17.3 Å². The van der Waals surface area contributed by atoms with E-state index < -0.39 is 6.04 Å². The molecule has 1 N–H and O–H groups in total. The molecule has 0 aliphatic heterocycles. The van der Waals surface area contributed by atoms with E-state index in [1.165, 1.54) is 4.90 Å². The summed E-state index contributed by atoms with van der Waals surface area (Å²) in [7, 11) is 0. The number of ether oxygens (including phenoxy) is 1. The average molecular weight is 468 g/mol. The number of hydrogen-bond acceptors (Lipinski definition) is 3. The second kappa shape index (κ2) is 10.5. The van der Waals surface area contributed by atoms with Gasteiger partial charge < -0.3 is 15.0 Å². The molecule has 0 unspecified atom stereocenters. The van der Waals surface area contributed by atoms with Gasteiger partial charge in [-0.1, -0.05) is 39.7 Å². The van der Waals surface area contributed by atoms with Crippen molar-refractivity contribution in [3.63, 3.8) is 0 Å². The summed E-state index contributed by atoms with van der Waals surface area (Å²) in [5, 5.41) is 3.34. The molecule has 0 aliphatic rings. The lowest BCUT2D eigenvalue weighted by Gasteiger charge is -2.28. The number of carbonyl (C=O) groups is 2. The van der Waals surface area contributed by atoms with E-state index in [9.17, 15) is 9.59 Å². The van der Waals surface area contributed by atoms with Gasteiger partial charge in [-0.3, -0.25) is 9.59 Å². The molecule has 2 amide bonds. The summed E-state index contributed by atoms with van der Waals surface area (Å²) in [4.78, 5) is 26.7. The van der Waals surface area contributed by atoms with Crippen LogP contribution < -0.4 is 10.1 Å². The molecule has 5 nitrogen and oxygen atoms in total. The maximum atomic E-state index is 12.9. The summed E-state index contributed by atoms with van der Waals surface area (Å²) < 4.78 is 6.64. The number of rotatable bonds is 8. The Morgan fingerprint density at radius 1 is 1.25 bits per heavy atom. The molecule has 0 saturated heterocycles. The first-order valence-corrected chi connectivity index (χ1v) is 10.2. The predicted molar refractivity (Wildman–Crippen MR) is 115 cm³/mol. The summed E-state index contributed by atoms with van der Waals surface area (Å²) in [6.45, 7) is 6.09. The summed E-state index contributed by atoms with van der Waals surface area (Å²) in [6.07, 6.45) is 0. The molecule has 0 aromatic heterocycles. The minimum Gasteiger partial charge on any atom is -0.484 e. The number of nitrogens with one attached hydrogen (secondary N) is 1. The Balaban J connectivity index is 2.15. The first-order chi connectivity index (χ1) is 13.3. The van der Waals surface area contributed by atoms with Gasteiger partial charge in [0.2, 0.25) is 5.91 Å². The van der Waals surface area contributed by atoms with Crippen molar-refractivity contribution in [1.29, 1.82) is 0 Å². The van der Waals surface area contributed by atoms with Gasteiger partial charge in [0.15, 0.2) is 6.61 Å². The molecule has 7 heteroatoms. The summed E-state index contributed by atoms with van der Waals surface area (Å²) in [5.41, 5.74) is 1.85. The van der Waals surface area contributed by atoms with Crippen molar-refractivity contribution in [2.75, 3.05) is 13.2 Å². The van der Waals surface area contributed by atoms with Gasteiger partial charge in [-0.15, -0.1) is 0 Å². The highest BCUT2D eigenvalue weighted by atomic mass is 79.9. The molecular weight excluding hydrogens is 444 g/mol. The van der Waals surface area contributed by atoms with Crippen LogP contribution >= 0.6 is 27.5 Å². The Labute approximate surface area is 179 Å². The second-order valence-electron chi connectivity index (χ2n) is 6.42. The molecule has 28 heavy (non-hydrogen) atoms. The Morgan fingerprint density at radius 3 is 2.64 bits per heavy atom. The van der Waals surface area contributed by atoms with E-state index in [2.05, 4.69) is 21.2 Å². The van der Waals surface area contributed by atoms with Crippen molar-refractivity contribution in [3.05, 3.63) is 63.1 Å². The molecule has 150 valence electrons. The van der Waals surface area contributed by atoms with Crippen LogP contribution in [0.2, 0.25) is 5.02 Å². The Hall–Kier alpha value is -2.05. The zero-order valence-electron chi connectivity index (χ0n) is 16.2. The Kier molecular flexibility index (Phi) is 8.33. The monoisotopic (exact) mass is 466 g/mol. The van der Waals surface area contributed by atoms with Gasteiger partial charge in [0.05, 0.1) is 0 Å². The topological polar surface area (TPSA) is 58.6 Å². The van der Waals surface area contributed by atoms with Crippen molar-refractivity contribution < 1.29 is 14.3 Å². The molecule has 0 fully saturated rings. The van der Waals surface area contributed by atoms with Gasteiger partial charge in [0, 0.05) is 22.6 Å². The second-order valence-corrected chi connectivity index (χ2v) is 7.71. The van der Waals surface area contributed by atoms with E-state index in [1.54, 1.807) is 25.1 Å². The molecule has 2 rings (SSSR count). The quantitative estimate of drug-likeness (QED) is 0.628. The molecule has 2 aromatic carbocycles. The number of carbonyl (C=O) groups excluding carboxylic acids is 2. The third-order valence-corrected chi connectivity index (χ3v) is 5.38. The molecule has 2 aromatic rings. The van der Waals surface area contributed by atoms with Crippen LogP contribution in [0.5, 0.6) is 5.75 Å². The third-order valence-electron chi connectivity index (χ3n) is 4.25. The van der Waals surface area contributed by atoms with Crippen molar-refractivity contribution in [2.24, 2.45) is 0 Å². The van der Waals surface area contributed by atoms with Gasteiger partial charge in [0.1, 0.15) is 11.8 Å². The van der Waals surface area contributed by atoms with Crippen molar-refractivity contribution >= 4 is 39.3 Å². The zero-order chi connectivity index (χ0) is 20.7. The lowest BCUT2D eigenvalue weighted by atomic mass is 10.1. The number of halogens is 2. The highest BCUT2D eigenvalue weighted by molar-refractivity contribution is 9.10. The SMILES string of the molecule is CCNC(=O)[C@@H](C)N(Cc1cccc(Cl)c1)C(=O)COc1ccc(Br)c(C)c1. The van der Waals surface area contributed by atoms with Crippen LogP contribution in [0.25, 0.3) is 0 Å². The molecule has 0 radical (unpaired) electrons. The number of aryl methyl sites for hydroxylation is 1. The first kappa shape index (κ1) is 22.2. The highest BCUT2D eigenvalue weighted by Crippen LogP contribution is 2.22. The summed E-state index contributed by atoms with van der Waals surface area (Å²) >= 11 is 9.50. The lowest BCUT2D eigenvalue weighted by Crippen LogP contribution is -2.49. The minimum absolute atomic E-state index is 0.161. The molecule has 0 spiro atoms. The van der Waals surface area contributed by atoms with E-state index in [1.807, 2.05) is 38.1 Å². The highest BCUT2D eigenvalue weighted by Gasteiger charge is 2.26. The molecule has 0 aliphatic carbocycles. The van der Waals surface area contributed by atoms with Crippen LogP contribution in [-0.4, -0.2) is 35.9 Å². The van der Waals surface area contributed by atoms with Crippen LogP contribution in [0.3, 0.4) is 0 Å².